The minimum Gasteiger partial charge on any atom is -0.432 e. The third-order valence-corrected chi connectivity index (χ3v) is 17.4. The van der Waals surface area contributed by atoms with E-state index < -0.39 is 165 Å². The van der Waals surface area contributed by atoms with Gasteiger partial charge in [0.2, 0.25) is 12.1 Å². The molecule has 22 nitrogen and oxygen atoms in total. The van der Waals surface area contributed by atoms with E-state index in [0.717, 1.165) is 12.0 Å². The van der Waals surface area contributed by atoms with Gasteiger partial charge in [0.1, 0.15) is 92.1 Å². The zero-order valence-electron chi connectivity index (χ0n) is 38.1. The molecule has 13 N–H and O–H groups in total. The van der Waals surface area contributed by atoms with E-state index in [1.165, 1.54) is 0 Å². The van der Waals surface area contributed by atoms with Crippen molar-refractivity contribution in [3.63, 3.8) is 0 Å². The minimum atomic E-state index is -2.23. The summed E-state index contributed by atoms with van der Waals surface area (Å²) in [6, 6.07) is 0. The van der Waals surface area contributed by atoms with Gasteiger partial charge in [0.15, 0.2) is 12.6 Å². The highest BCUT2D eigenvalue weighted by atomic mass is 16.8. The molecule has 8 fully saturated rings. The molecule has 4 aliphatic heterocycles. The van der Waals surface area contributed by atoms with Gasteiger partial charge < -0.3 is 104 Å². The molecule has 0 amide bonds. The Kier molecular flexibility index (Phi) is 14.8. The molecule has 3 unspecified atom stereocenters. The van der Waals surface area contributed by atoms with Crippen LogP contribution in [-0.2, 0) is 42.7 Å². The monoisotopic (exact) mass is 964 g/mol. The van der Waals surface area contributed by atoms with Crippen molar-refractivity contribution >= 4 is 5.97 Å². The molecule has 1 spiro atoms. The van der Waals surface area contributed by atoms with Gasteiger partial charge in [-0.05, 0) is 93.0 Å². The van der Waals surface area contributed by atoms with Gasteiger partial charge in [0.05, 0.1) is 36.9 Å². The Balaban J connectivity index is 0.970. The first-order chi connectivity index (χ1) is 31.6. The second-order valence-corrected chi connectivity index (χ2v) is 21.1. The van der Waals surface area contributed by atoms with Gasteiger partial charge in [-0.3, -0.25) is 4.79 Å². The molecule has 2 bridgehead atoms. The Labute approximate surface area is 387 Å². The molecule has 4 aliphatic carbocycles. The number of carbonyl (C=O) groups is 1. The van der Waals surface area contributed by atoms with E-state index in [2.05, 4.69) is 13.5 Å². The Morgan fingerprint density at radius 1 is 0.716 bits per heavy atom. The van der Waals surface area contributed by atoms with Crippen molar-refractivity contribution in [3.8, 4) is 0 Å². The number of aliphatic hydroxyl groups excluding tert-OH is 13. The van der Waals surface area contributed by atoms with Crippen molar-refractivity contribution in [3.05, 3.63) is 12.2 Å². The summed E-state index contributed by atoms with van der Waals surface area (Å²) < 4.78 is 47.6. The maximum atomic E-state index is 14.6. The second kappa shape index (κ2) is 19.1. The number of aliphatic hydroxyl groups is 13. The second-order valence-electron chi connectivity index (χ2n) is 21.1. The summed E-state index contributed by atoms with van der Waals surface area (Å²) in [5, 5.41) is 138. The lowest BCUT2D eigenvalue weighted by atomic mass is 9.41. The number of ether oxygens (including phenoxy) is 8. The van der Waals surface area contributed by atoms with E-state index in [9.17, 15) is 71.2 Å². The molecule has 0 aromatic rings. The first-order valence-corrected chi connectivity index (χ1v) is 23.7. The number of hydrogen-bond acceptors (Lipinski definition) is 22. The van der Waals surface area contributed by atoms with Gasteiger partial charge in [0.25, 0.3) is 0 Å². The number of fused-ring (bicyclic) bond motifs is 3. The quantitative estimate of drug-likeness (QED) is 0.0509. The van der Waals surface area contributed by atoms with Gasteiger partial charge in [-0.15, -0.1) is 0 Å². The Hall–Kier alpha value is -1.59. The van der Waals surface area contributed by atoms with Crippen LogP contribution in [0, 0.1) is 28.1 Å². The normalized spacial score (nSPS) is 54.5. The van der Waals surface area contributed by atoms with E-state index in [-0.39, 0.29) is 23.7 Å². The predicted molar refractivity (Wildman–Crippen MR) is 222 cm³/mol. The molecule has 0 aromatic heterocycles. The Morgan fingerprint density at radius 2 is 1.34 bits per heavy atom. The summed E-state index contributed by atoms with van der Waals surface area (Å²) in [6.45, 7) is 7.42. The molecule has 4 saturated heterocycles. The van der Waals surface area contributed by atoms with Crippen molar-refractivity contribution in [2.45, 2.75) is 207 Å². The molecular weight excluding hydrogens is 892 g/mol. The Bertz CT molecular complexity index is 1780. The molecule has 4 saturated carbocycles. The van der Waals surface area contributed by atoms with Gasteiger partial charge in [0, 0.05) is 0 Å². The van der Waals surface area contributed by atoms with Crippen molar-refractivity contribution in [1.82, 2.24) is 0 Å². The maximum absolute atomic E-state index is 14.6. The average Bonchev–Trinajstić information content (AvgIpc) is 3.50. The van der Waals surface area contributed by atoms with E-state index in [1.807, 2.05) is 6.92 Å². The van der Waals surface area contributed by atoms with Crippen LogP contribution in [-0.4, -0.2) is 221 Å². The molecule has 384 valence electrons. The fourth-order valence-electron chi connectivity index (χ4n) is 13.6. The van der Waals surface area contributed by atoms with Crippen molar-refractivity contribution in [1.29, 1.82) is 0 Å². The van der Waals surface area contributed by atoms with Crippen LogP contribution >= 0.6 is 0 Å². The number of hydrogen-bond donors (Lipinski definition) is 13. The molecule has 0 radical (unpaired) electrons. The summed E-state index contributed by atoms with van der Waals surface area (Å²) in [4.78, 5) is 14.6. The van der Waals surface area contributed by atoms with Gasteiger partial charge in [-0.2, -0.15) is 0 Å². The van der Waals surface area contributed by atoms with Crippen LogP contribution in [0.5, 0.6) is 0 Å². The summed E-state index contributed by atoms with van der Waals surface area (Å²) in [7, 11) is 0. The molecule has 0 aromatic carbocycles. The maximum Gasteiger partial charge on any atom is 0.314 e. The van der Waals surface area contributed by atoms with Crippen molar-refractivity contribution in [2.24, 2.45) is 28.1 Å². The lowest BCUT2D eigenvalue weighted by Gasteiger charge is -2.64. The highest BCUT2D eigenvalue weighted by molar-refractivity contribution is 5.77. The number of rotatable bonds is 12. The molecular formula is C45H72O22. The van der Waals surface area contributed by atoms with Crippen molar-refractivity contribution in [2.75, 3.05) is 26.4 Å². The largest absolute Gasteiger partial charge is 0.432 e. The third kappa shape index (κ3) is 8.54. The molecule has 67 heavy (non-hydrogen) atoms. The standard InChI is InChI=1S/C45H72O22/c1-5-21-27(50)30(53)33(56)37(62-21)65-35-32(55)28(51)22(14-46)63-39(35)67-44-12-8-25-41(3)9-6-10-42(4,24(41)7-11-43(25,17-44)13-19(44)2)40(59)66-38-34(57)31(54)29(52)23(64-38)16-61-45(18-47)36(58)26(49)20(48)15-60-45/h20-39,46-58H,2,5-18H2,1,3-4H3/t20-,21-,22-,23-,24?,25?,26-,27-,28-,29+,30+,31-,32+,33-,34-,35-,36+,37+,38+,39+,41-,42?,43-,44+,45+/m1/s1. The Morgan fingerprint density at radius 3 is 2.01 bits per heavy atom. The lowest BCUT2D eigenvalue weighted by molar-refractivity contribution is -0.377. The molecule has 22 heteroatoms. The van der Waals surface area contributed by atoms with Gasteiger partial charge in [-0.1, -0.05) is 26.8 Å². The lowest BCUT2D eigenvalue weighted by Crippen LogP contribution is -2.66. The van der Waals surface area contributed by atoms with E-state index in [0.29, 0.717) is 51.4 Å². The zero-order chi connectivity index (χ0) is 48.8. The molecule has 8 rings (SSSR count). The predicted octanol–water partition coefficient (Wildman–Crippen LogP) is -3.69. The van der Waals surface area contributed by atoms with E-state index >= 15 is 0 Å². The molecule has 4 heterocycles. The number of carbonyl (C=O) groups excluding carboxylic acids is 1. The van der Waals surface area contributed by atoms with Crippen LogP contribution < -0.4 is 0 Å². The topological polar surface area (TPSA) is 354 Å². The van der Waals surface area contributed by atoms with Gasteiger partial charge in [-0.25, -0.2) is 0 Å². The summed E-state index contributed by atoms with van der Waals surface area (Å²) in [5.74, 6) is -3.06. The first-order valence-electron chi connectivity index (χ1n) is 23.7. The fraction of sp³-hybridized carbons (Fsp3) is 0.933. The van der Waals surface area contributed by atoms with Crippen LogP contribution in [0.4, 0.5) is 0 Å². The van der Waals surface area contributed by atoms with Crippen LogP contribution in [0.2, 0.25) is 0 Å². The number of esters is 1. The fourth-order valence-corrected chi connectivity index (χ4v) is 13.6. The van der Waals surface area contributed by atoms with Crippen LogP contribution in [0.1, 0.15) is 85.0 Å². The summed E-state index contributed by atoms with van der Waals surface area (Å²) in [6.07, 6.45) is -23.0. The summed E-state index contributed by atoms with van der Waals surface area (Å²) >= 11 is 0. The van der Waals surface area contributed by atoms with Crippen LogP contribution in [0.15, 0.2) is 12.2 Å². The minimum absolute atomic E-state index is 0.0644. The first kappa shape index (κ1) is 51.8. The van der Waals surface area contributed by atoms with Crippen LogP contribution in [0.25, 0.3) is 0 Å². The van der Waals surface area contributed by atoms with E-state index in [4.69, 9.17) is 37.9 Å². The zero-order valence-corrected chi connectivity index (χ0v) is 38.1. The van der Waals surface area contributed by atoms with Crippen molar-refractivity contribution < 1.29 is 109 Å². The van der Waals surface area contributed by atoms with E-state index in [1.54, 1.807) is 6.92 Å². The molecule has 8 aliphatic rings. The third-order valence-electron chi connectivity index (χ3n) is 17.4. The SMILES string of the molecule is C=C1C[C@@]23CCC4C(C)(C(=O)O[C@@H]5O[C@H](CO[C@]6(CO)OC[C@@H](O)[C@@H](O)[C@@H]6O)[C@H](O)[C@@H](O)[C@H]5O)CCC[C@@]4(C)C2CC[C@]1(O[C@@H]1O[C@H](CO)[C@@H](O)[C@H](O)[C@H]1O[C@@H]1O[C@H](CC)[C@@H](O)[C@H](O)[C@H]1O)C3. The molecule has 25 atom stereocenters. The van der Waals surface area contributed by atoms with Gasteiger partial charge >= 0.3 is 5.97 Å². The summed E-state index contributed by atoms with van der Waals surface area (Å²) in [5.41, 5.74) is -2.07. The highest BCUT2D eigenvalue weighted by Gasteiger charge is 2.69. The highest BCUT2D eigenvalue weighted by Crippen LogP contribution is 2.73. The van der Waals surface area contributed by atoms with Crippen LogP contribution in [0.3, 0.4) is 0 Å². The smallest absolute Gasteiger partial charge is 0.314 e. The average molecular weight is 965 g/mol.